The average Bonchev–Trinajstić information content (AvgIpc) is 2.52. The third-order valence-electron chi connectivity index (χ3n) is 3.87. The van der Waals surface area contributed by atoms with Gasteiger partial charge >= 0.3 is 12.4 Å². The van der Waals surface area contributed by atoms with Crippen molar-refractivity contribution < 1.29 is 31.1 Å². The van der Waals surface area contributed by atoms with Gasteiger partial charge in [-0.05, 0) is 18.2 Å². The molecule has 9 heteroatoms. The highest BCUT2D eigenvalue weighted by molar-refractivity contribution is 5.76. The van der Waals surface area contributed by atoms with Gasteiger partial charge in [0, 0.05) is 38.3 Å². The summed E-state index contributed by atoms with van der Waals surface area (Å²) in [7, 11) is 0. The monoisotopic (exact) mass is 354 g/mol. The molecule has 24 heavy (non-hydrogen) atoms. The maximum absolute atomic E-state index is 12.9. The van der Waals surface area contributed by atoms with Crippen LogP contribution in [0, 0.1) is 0 Å². The molecule has 0 bridgehead atoms. The van der Waals surface area contributed by atoms with E-state index in [0.717, 1.165) is 0 Å². The Labute approximate surface area is 134 Å². The van der Waals surface area contributed by atoms with Gasteiger partial charge in [-0.2, -0.15) is 26.3 Å². The predicted molar refractivity (Wildman–Crippen MR) is 75.5 cm³/mol. The molecule has 1 heterocycles. The van der Waals surface area contributed by atoms with Crippen molar-refractivity contribution in [1.29, 1.82) is 0 Å². The standard InChI is InChI=1S/C15H16F6N2O/c1-2-13(24)23-5-3-22(4-6-23)12-8-10(14(16,17)18)7-11(9-12)15(19,20)21/h7-9H,2-6H2,1H3. The summed E-state index contributed by atoms with van der Waals surface area (Å²) in [5.74, 6) is -0.0883. The van der Waals surface area contributed by atoms with E-state index in [2.05, 4.69) is 0 Å². The second-order valence-corrected chi connectivity index (χ2v) is 5.49. The second-order valence-electron chi connectivity index (χ2n) is 5.49. The number of alkyl halides is 6. The Hall–Kier alpha value is -1.93. The summed E-state index contributed by atoms with van der Waals surface area (Å²) >= 11 is 0. The van der Waals surface area contributed by atoms with Gasteiger partial charge in [-0.25, -0.2) is 0 Å². The molecule has 3 nitrogen and oxygen atoms in total. The van der Waals surface area contributed by atoms with Gasteiger partial charge in [0.25, 0.3) is 0 Å². The van der Waals surface area contributed by atoms with E-state index in [1.54, 1.807) is 11.8 Å². The minimum atomic E-state index is -4.87. The molecule has 1 aliphatic heterocycles. The number of halogens is 6. The molecule has 1 aromatic rings. The largest absolute Gasteiger partial charge is 0.416 e. The molecule has 1 fully saturated rings. The molecular weight excluding hydrogens is 338 g/mol. The van der Waals surface area contributed by atoms with Crippen LogP contribution >= 0.6 is 0 Å². The van der Waals surface area contributed by atoms with Crippen LogP contribution in [0.15, 0.2) is 18.2 Å². The Morgan fingerprint density at radius 2 is 1.38 bits per heavy atom. The Balaban J connectivity index is 2.29. The Bertz CT molecular complexity index is 571. The average molecular weight is 354 g/mol. The van der Waals surface area contributed by atoms with E-state index >= 15 is 0 Å². The molecule has 0 aliphatic carbocycles. The van der Waals surface area contributed by atoms with Gasteiger partial charge < -0.3 is 9.80 Å². The molecule has 2 rings (SSSR count). The molecule has 1 aliphatic rings. The fourth-order valence-electron chi connectivity index (χ4n) is 2.56. The zero-order chi connectivity index (χ0) is 18.1. The van der Waals surface area contributed by atoms with Gasteiger partial charge in [-0.1, -0.05) is 6.92 Å². The molecule has 1 aromatic carbocycles. The number of carbonyl (C=O) groups is 1. The van der Waals surface area contributed by atoms with Crippen LogP contribution in [0.2, 0.25) is 0 Å². The third kappa shape index (κ3) is 4.12. The topological polar surface area (TPSA) is 23.6 Å². The fraction of sp³-hybridized carbons (Fsp3) is 0.533. The first kappa shape index (κ1) is 18.4. The van der Waals surface area contributed by atoms with Crippen molar-refractivity contribution in [3.63, 3.8) is 0 Å². The lowest BCUT2D eigenvalue weighted by Crippen LogP contribution is -2.48. The van der Waals surface area contributed by atoms with Gasteiger partial charge in [0.1, 0.15) is 0 Å². The molecule has 0 atom stereocenters. The van der Waals surface area contributed by atoms with Crippen molar-refractivity contribution in [3.05, 3.63) is 29.3 Å². The number of anilines is 1. The third-order valence-corrected chi connectivity index (χ3v) is 3.87. The lowest BCUT2D eigenvalue weighted by molar-refractivity contribution is -0.143. The van der Waals surface area contributed by atoms with Gasteiger partial charge in [-0.15, -0.1) is 0 Å². The number of carbonyl (C=O) groups excluding carboxylic acids is 1. The number of piperazine rings is 1. The number of hydrogen-bond donors (Lipinski definition) is 0. The van der Waals surface area contributed by atoms with Crippen LogP contribution in [0.3, 0.4) is 0 Å². The number of rotatable bonds is 2. The summed E-state index contributed by atoms with van der Waals surface area (Å²) in [6.07, 6.45) is -9.42. The minimum absolute atomic E-state index is 0.0883. The number of amides is 1. The highest BCUT2D eigenvalue weighted by Crippen LogP contribution is 2.38. The van der Waals surface area contributed by atoms with Crippen molar-refractivity contribution in [2.24, 2.45) is 0 Å². The zero-order valence-electron chi connectivity index (χ0n) is 12.8. The lowest BCUT2D eigenvalue weighted by Gasteiger charge is -2.36. The van der Waals surface area contributed by atoms with E-state index in [-0.39, 0.29) is 43.8 Å². The number of nitrogens with zero attached hydrogens (tertiary/aromatic N) is 2. The Morgan fingerprint density at radius 3 is 1.75 bits per heavy atom. The molecule has 0 unspecified atom stereocenters. The van der Waals surface area contributed by atoms with Crippen molar-refractivity contribution in [3.8, 4) is 0 Å². The predicted octanol–water partition coefficient (Wildman–Crippen LogP) is 3.78. The smallest absolute Gasteiger partial charge is 0.368 e. The fourth-order valence-corrected chi connectivity index (χ4v) is 2.56. The number of benzene rings is 1. The molecule has 0 spiro atoms. The molecular formula is C15H16F6N2O. The summed E-state index contributed by atoms with van der Waals surface area (Å²) in [5, 5.41) is 0. The molecule has 1 amide bonds. The highest BCUT2D eigenvalue weighted by Gasteiger charge is 2.37. The van der Waals surface area contributed by atoms with Crippen LogP contribution in [-0.2, 0) is 17.1 Å². The van der Waals surface area contributed by atoms with Crippen LogP contribution in [0.25, 0.3) is 0 Å². The van der Waals surface area contributed by atoms with Crippen molar-refractivity contribution >= 4 is 11.6 Å². The summed E-state index contributed by atoms with van der Waals surface area (Å²) < 4.78 is 77.3. The molecule has 134 valence electrons. The summed E-state index contributed by atoms with van der Waals surface area (Å²) in [4.78, 5) is 14.6. The summed E-state index contributed by atoms with van der Waals surface area (Å²) in [6, 6.07) is 1.54. The van der Waals surface area contributed by atoms with E-state index < -0.39 is 23.5 Å². The highest BCUT2D eigenvalue weighted by atomic mass is 19.4. The molecule has 0 aromatic heterocycles. The van der Waals surface area contributed by atoms with Crippen molar-refractivity contribution in [2.75, 3.05) is 31.1 Å². The maximum atomic E-state index is 12.9. The first-order chi connectivity index (χ1) is 11.0. The van der Waals surface area contributed by atoms with Gasteiger partial charge in [0.15, 0.2) is 0 Å². The Kier molecular flexibility index (Phi) is 5.00. The molecule has 1 saturated heterocycles. The molecule has 0 saturated carbocycles. The van der Waals surface area contributed by atoms with E-state index in [1.807, 2.05) is 0 Å². The normalized spacial score (nSPS) is 16.5. The molecule has 0 radical (unpaired) electrons. The van der Waals surface area contributed by atoms with Gasteiger partial charge in [-0.3, -0.25) is 4.79 Å². The van der Waals surface area contributed by atoms with Crippen LogP contribution < -0.4 is 4.90 Å². The summed E-state index contributed by atoms with van der Waals surface area (Å²) in [6.45, 7) is 2.60. The minimum Gasteiger partial charge on any atom is -0.368 e. The number of hydrogen-bond acceptors (Lipinski definition) is 2. The zero-order valence-corrected chi connectivity index (χ0v) is 12.8. The SMILES string of the molecule is CCC(=O)N1CCN(c2cc(C(F)(F)F)cc(C(F)(F)F)c2)CC1. The van der Waals surface area contributed by atoms with Crippen molar-refractivity contribution in [2.45, 2.75) is 25.7 Å². The Morgan fingerprint density at radius 1 is 0.917 bits per heavy atom. The maximum Gasteiger partial charge on any atom is 0.416 e. The lowest BCUT2D eigenvalue weighted by atomic mass is 10.1. The second kappa shape index (κ2) is 6.52. The quantitative estimate of drug-likeness (QED) is 0.755. The first-order valence-electron chi connectivity index (χ1n) is 7.34. The van der Waals surface area contributed by atoms with E-state index in [4.69, 9.17) is 0 Å². The van der Waals surface area contributed by atoms with Crippen LogP contribution in [-0.4, -0.2) is 37.0 Å². The van der Waals surface area contributed by atoms with E-state index in [1.165, 1.54) is 4.90 Å². The van der Waals surface area contributed by atoms with Gasteiger partial charge in [0.2, 0.25) is 5.91 Å². The van der Waals surface area contributed by atoms with Crippen LogP contribution in [0.1, 0.15) is 24.5 Å². The van der Waals surface area contributed by atoms with E-state index in [9.17, 15) is 31.1 Å². The summed E-state index contributed by atoms with van der Waals surface area (Å²) in [5.41, 5.74) is -2.81. The van der Waals surface area contributed by atoms with E-state index in [0.29, 0.717) is 18.6 Å². The molecule has 0 N–H and O–H groups in total. The van der Waals surface area contributed by atoms with Crippen LogP contribution in [0.5, 0.6) is 0 Å². The van der Waals surface area contributed by atoms with Crippen molar-refractivity contribution in [1.82, 2.24) is 4.90 Å². The van der Waals surface area contributed by atoms with Crippen LogP contribution in [0.4, 0.5) is 32.0 Å². The van der Waals surface area contributed by atoms with Gasteiger partial charge in [0.05, 0.1) is 11.1 Å². The first-order valence-corrected chi connectivity index (χ1v) is 7.34.